The second-order valence-corrected chi connectivity index (χ2v) is 6.60. The third kappa shape index (κ3) is 3.59. The summed E-state index contributed by atoms with van der Waals surface area (Å²) in [5.74, 6) is 1.63. The van der Waals surface area contributed by atoms with Crippen molar-refractivity contribution in [2.75, 3.05) is 24.6 Å². The molecule has 0 aliphatic carbocycles. The van der Waals surface area contributed by atoms with Gasteiger partial charge in [0, 0.05) is 16.7 Å². The van der Waals surface area contributed by atoms with Gasteiger partial charge in [-0.1, -0.05) is 41.1 Å². The predicted molar refractivity (Wildman–Crippen MR) is 91.2 cm³/mol. The van der Waals surface area contributed by atoms with Crippen molar-refractivity contribution in [3.63, 3.8) is 0 Å². The number of hydrogen-bond acceptors (Lipinski definition) is 2. The molecule has 3 rings (SSSR count). The van der Waals surface area contributed by atoms with E-state index in [0.717, 1.165) is 23.3 Å². The molecule has 110 valence electrons. The first kappa shape index (κ1) is 14.5. The molecule has 0 saturated heterocycles. The summed E-state index contributed by atoms with van der Waals surface area (Å²) in [6, 6.07) is 16.7. The lowest BCUT2D eigenvalue weighted by molar-refractivity contribution is 0.319. The highest BCUT2D eigenvalue weighted by molar-refractivity contribution is 9.10. The van der Waals surface area contributed by atoms with Crippen LogP contribution in [-0.2, 0) is 6.42 Å². The van der Waals surface area contributed by atoms with Crippen LogP contribution in [0.15, 0.2) is 53.0 Å². The average molecular weight is 346 g/mol. The standard InChI is InChI=1S/C18H20BrNO/c1-14-12-15-4-2-3-5-18(15)20(13-14)10-11-21-17-8-6-16(19)7-9-17/h2-9,14H,10-13H2,1H3. The molecule has 3 heteroatoms. The van der Waals surface area contributed by atoms with Gasteiger partial charge in [-0.05, 0) is 48.2 Å². The Morgan fingerprint density at radius 1 is 1.14 bits per heavy atom. The zero-order valence-corrected chi connectivity index (χ0v) is 13.8. The summed E-state index contributed by atoms with van der Waals surface area (Å²) >= 11 is 3.44. The largest absolute Gasteiger partial charge is 0.492 e. The molecule has 0 amide bonds. The van der Waals surface area contributed by atoms with Gasteiger partial charge in [0.15, 0.2) is 0 Å². The lowest BCUT2D eigenvalue weighted by Gasteiger charge is -2.34. The Morgan fingerprint density at radius 3 is 2.71 bits per heavy atom. The first-order valence-corrected chi connectivity index (χ1v) is 8.23. The highest BCUT2D eigenvalue weighted by atomic mass is 79.9. The van der Waals surface area contributed by atoms with E-state index in [0.29, 0.717) is 12.5 Å². The Labute approximate surface area is 134 Å². The fourth-order valence-electron chi connectivity index (χ4n) is 2.92. The SMILES string of the molecule is CC1Cc2ccccc2N(CCOc2ccc(Br)cc2)C1. The molecule has 21 heavy (non-hydrogen) atoms. The van der Waals surface area contributed by atoms with Crippen molar-refractivity contribution in [3.8, 4) is 5.75 Å². The summed E-state index contributed by atoms with van der Waals surface area (Å²) in [6.07, 6.45) is 1.18. The quantitative estimate of drug-likeness (QED) is 0.807. The van der Waals surface area contributed by atoms with E-state index < -0.39 is 0 Å². The lowest BCUT2D eigenvalue weighted by atomic mass is 9.94. The average Bonchev–Trinajstić information content (AvgIpc) is 2.49. The summed E-state index contributed by atoms with van der Waals surface area (Å²) in [5.41, 5.74) is 2.83. The number of halogens is 1. The second-order valence-electron chi connectivity index (χ2n) is 5.69. The minimum atomic E-state index is 0.701. The van der Waals surface area contributed by atoms with Crippen molar-refractivity contribution >= 4 is 21.6 Å². The van der Waals surface area contributed by atoms with Crippen LogP contribution < -0.4 is 9.64 Å². The summed E-state index contributed by atoms with van der Waals surface area (Å²) in [6.45, 7) is 5.07. The number of benzene rings is 2. The third-order valence-electron chi connectivity index (χ3n) is 3.88. The minimum Gasteiger partial charge on any atom is -0.492 e. The summed E-state index contributed by atoms with van der Waals surface area (Å²) < 4.78 is 6.93. The molecule has 1 atom stereocenters. The lowest BCUT2D eigenvalue weighted by Crippen LogP contribution is -2.37. The van der Waals surface area contributed by atoms with Crippen molar-refractivity contribution in [1.29, 1.82) is 0 Å². The fourth-order valence-corrected chi connectivity index (χ4v) is 3.19. The zero-order chi connectivity index (χ0) is 14.7. The molecule has 0 bridgehead atoms. The van der Waals surface area contributed by atoms with Gasteiger partial charge in [0.05, 0.1) is 6.54 Å². The molecular weight excluding hydrogens is 326 g/mol. The normalized spacial score (nSPS) is 17.4. The van der Waals surface area contributed by atoms with Crippen LogP contribution in [0.3, 0.4) is 0 Å². The van der Waals surface area contributed by atoms with Crippen LogP contribution in [0, 0.1) is 5.92 Å². The van der Waals surface area contributed by atoms with Crippen molar-refractivity contribution in [1.82, 2.24) is 0 Å². The van der Waals surface area contributed by atoms with Crippen molar-refractivity contribution < 1.29 is 4.74 Å². The van der Waals surface area contributed by atoms with Crippen LogP contribution in [0.25, 0.3) is 0 Å². The van der Waals surface area contributed by atoms with E-state index in [1.165, 1.54) is 17.7 Å². The van der Waals surface area contributed by atoms with E-state index in [1.807, 2.05) is 24.3 Å². The number of ether oxygens (including phenoxy) is 1. The number of rotatable bonds is 4. The zero-order valence-electron chi connectivity index (χ0n) is 12.3. The van der Waals surface area contributed by atoms with E-state index in [1.54, 1.807) is 0 Å². The van der Waals surface area contributed by atoms with E-state index >= 15 is 0 Å². The molecule has 1 aliphatic rings. The van der Waals surface area contributed by atoms with Crippen LogP contribution in [0.5, 0.6) is 5.75 Å². The van der Waals surface area contributed by atoms with Gasteiger partial charge >= 0.3 is 0 Å². The molecule has 0 spiro atoms. The second kappa shape index (κ2) is 6.52. The van der Waals surface area contributed by atoms with Gasteiger partial charge in [0.25, 0.3) is 0 Å². The Bertz CT molecular complexity index is 596. The van der Waals surface area contributed by atoms with Crippen LogP contribution in [0.4, 0.5) is 5.69 Å². The summed E-state index contributed by atoms with van der Waals surface area (Å²) in [4.78, 5) is 2.45. The minimum absolute atomic E-state index is 0.701. The van der Waals surface area contributed by atoms with Gasteiger partial charge in [-0.3, -0.25) is 0 Å². The van der Waals surface area contributed by atoms with Crippen molar-refractivity contribution in [3.05, 3.63) is 58.6 Å². The van der Waals surface area contributed by atoms with Crippen molar-refractivity contribution in [2.45, 2.75) is 13.3 Å². The highest BCUT2D eigenvalue weighted by Gasteiger charge is 2.20. The summed E-state index contributed by atoms with van der Waals surface area (Å²) in [7, 11) is 0. The Hall–Kier alpha value is -1.48. The van der Waals surface area contributed by atoms with E-state index in [9.17, 15) is 0 Å². The maximum Gasteiger partial charge on any atom is 0.119 e. The fraction of sp³-hybridized carbons (Fsp3) is 0.333. The van der Waals surface area contributed by atoms with Crippen LogP contribution in [-0.4, -0.2) is 19.7 Å². The van der Waals surface area contributed by atoms with Crippen LogP contribution in [0.2, 0.25) is 0 Å². The number of fused-ring (bicyclic) bond motifs is 1. The molecular formula is C18H20BrNO. The van der Waals surface area contributed by atoms with Gasteiger partial charge in [-0.2, -0.15) is 0 Å². The molecule has 1 unspecified atom stereocenters. The van der Waals surface area contributed by atoms with E-state index in [2.05, 4.69) is 52.0 Å². The van der Waals surface area contributed by atoms with Crippen molar-refractivity contribution in [2.24, 2.45) is 5.92 Å². The first-order valence-electron chi connectivity index (χ1n) is 7.43. The number of para-hydroxylation sites is 1. The Morgan fingerprint density at radius 2 is 1.90 bits per heavy atom. The highest BCUT2D eigenvalue weighted by Crippen LogP contribution is 2.29. The Balaban J connectivity index is 1.61. The monoisotopic (exact) mass is 345 g/mol. The predicted octanol–water partition coefficient (Wildman–Crippen LogP) is 4.53. The number of anilines is 1. The van der Waals surface area contributed by atoms with Gasteiger partial charge in [-0.25, -0.2) is 0 Å². The van der Waals surface area contributed by atoms with E-state index in [-0.39, 0.29) is 0 Å². The molecule has 0 aromatic heterocycles. The maximum absolute atomic E-state index is 5.85. The van der Waals surface area contributed by atoms with Gasteiger partial charge in [0.1, 0.15) is 12.4 Å². The van der Waals surface area contributed by atoms with Gasteiger partial charge < -0.3 is 9.64 Å². The van der Waals surface area contributed by atoms with Crippen LogP contribution in [0.1, 0.15) is 12.5 Å². The third-order valence-corrected chi connectivity index (χ3v) is 4.40. The van der Waals surface area contributed by atoms with E-state index in [4.69, 9.17) is 4.74 Å². The number of nitrogens with zero attached hydrogens (tertiary/aromatic N) is 1. The maximum atomic E-state index is 5.85. The molecule has 0 saturated carbocycles. The topological polar surface area (TPSA) is 12.5 Å². The number of hydrogen-bond donors (Lipinski definition) is 0. The molecule has 1 heterocycles. The molecule has 0 radical (unpaired) electrons. The first-order chi connectivity index (χ1) is 10.2. The molecule has 2 nitrogen and oxygen atoms in total. The molecule has 0 fully saturated rings. The Kier molecular flexibility index (Phi) is 4.49. The van der Waals surface area contributed by atoms with Gasteiger partial charge in [0.2, 0.25) is 0 Å². The molecule has 2 aromatic rings. The van der Waals surface area contributed by atoms with Crippen LogP contribution >= 0.6 is 15.9 Å². The van der Waals surface area contributed by atoms with Gasteiger partial charge in [-0.15, -0.1) is 0 Å². The molecule has 2 aromatic carbocycles. The molecule has 0 N–H and O–H groups in total. The molecule has 1 aliphatic heterocycles. The summed E-state index contributed by atoms with van der Waals surface area (Å²) in [5, 5.41) is 0. The smallest absolute Gasteiger partial charge is 0.119 e.